The first kappa shape index (κ1) is 17.4. The highest BCUT2D eigenvalue weighted by atomic mass is 35.5. The summed E-state index contributed by atoms with van der Waals surface area (Å²) < 4.78 is 2.91. The van der Waals surface area contributed by atoms with E-state index in [-0.39, 0.29) is 5.49 Å². The van der Waals surface area contributed by atoms with Crippen LogP contribution < -0.4 is 5.49 Å². The number of imidazole rings is 1. The minimum absolute atomic E-state index is 0.122. The van der Waals surface area contributed by atoms with Gasteiger partial charge in [-0.3, -0.25) is 5.41 Å². The zero-order chi connectivity index (χ0) is 19.3. The smallest absolute Gasteiger partial charge is 0.173 e. The summed E-state index contributed by atoms with van der Waals surface area (Å²) in [5, 5.41) is 10.1. The summed E-state index contributed by atoms with van der Waals surface area (Å²) in [5.41, 5.74) is 2.96. The van der Waals surface area contributed by atoms with Crippen LogP contribution in [0.15, 0.2) is 48.8 Å². The minimum atomic E-state index is 0.122. The van der Waals surface area contributed by atoms with E-state index in [2.05, 4.69) is 15.0 Å². The Labute approximate surface area is 173 Å². The topological polar surface area (TPSA) is 83.2 Å². The van der Waals surface area contributed by atoms with Crippen molar-refractivity contribution in [3.63, 3.8) is 0 Å². The lowest BCUT2D eigenvalue weighted by Gasteiger charge is -2.10. The van der Waals surface area contributed by atoms with Crippen LogP contribution in [-0.2, 0) is 6.54 Å². The number of hydrogen-bond acceptors (Lipinski definition) is 5. The number of benzene rings is 2. The van der Waals surface area contributed by atoms with Crippen LogP contribution in [-0.4, -0.2) is 24.5 Å². The van der Waals surface area contributed by atoms with Gasteiger partial charge >= 0.3 is 0 Å². The van der Waals surface area contributed by atoms with Crippen molar-refractivity contribution in [3.05, 3.63) is 69.9 Å². The normalized spacial score (nSPS) is 11.5. The molecule has 28 heavy (non-hydrogen) atoms. The number of nitrogens with one attached hydrogen (secondary N) is 2. The van der Waals surface area contributed by atoms with Crippen molar-refractivity contribution >= 4 is 55.9 Å². The number of hydrogen-bond donors (Lipinski definition) is 2. The lowest BCUT2D eigenvalue weighted by atomic mass is 10.2. The van der Waals surface area contributed by atoms with E-state index < -0.39 is 0 Å². The summed E-state index contributed by atoms with van der Waals surface area (Å²) in [7, 11) is 0. The van der Waals surface area contributed by atoms with Crippen LogP contribution in [0.3, 0.4) is 0 Å². The van der Waals surface area contributed by atoms with Gasteiger partial charge in [-0.1, -0.05) is 41.4 Å². The second kappa shape index (κ2) is 6.70. The molecular formula is C19H12Cl2N6S. The molecule has 3 heterocycles. The van der Waals surface area contributed by atoms with E-state index in [4.69, 9.17) is 33.6 Å². The Kier molecular flexibility index (Phi) is 4.16. The highest BCUT2D eigenvalue weighted by molar-refractivity contribution is 7.21. The highest BCUT2D eigenvalue weighted by Crippen LogP contribution is 2.30. The number of aromatic nitrogens is 5. The van der Waals surface area contributed by atoms with Crippen LogP contribution in [0, 0.1) is 5.41 Å². The summed E-state index contributed by atoms with van der Waals surface area (Å²) in [6.45, 7) is 0.395. The van der Waals surface area contributed by atoms with E-state index in [0.29, 0.717) is 33.6 Å². The van der Waals surface area contributed by atoms with E-state index in [0.717, 1.165) is 20.8 Å². The number of para-hydroxylation sites is 1. The summed E-state index contributed by atoms with van der Waals surface area (Å²) in [4.78, 5) is 16.7. The number of rotatable bonds is 3. The molecule has 0 bridgehead atoms. The molecule has 0 aliphatic heterocycles. The molecule has 3 aromatic heterocycles. The minimum Gasteiger partial charge on any atom is -0.332 e. The Morgan fingerprint density at radius 1 is 1.04 bits per heavy atom. The van der Waals surface area contributed by atoms with E-state index >= 15 is 0 Å². The molecule has 5 rings (SSSR count). The standard InChI is InChI=1S/C19H12Cl2N6S/c20-11-4-3-5-12(21)10(11)8-27-9-23-16(22)15-18(27)26-17(25-15)19-24-13-6-1-2-7-14(13)28-19/h1-7,9,22H,8H2,(H,25,26). The SMILES string of the molecule is N=c1ncn(Cc2c(Cl)cccc2Cl)c2nc(-c3nc4ccccc4s3)[nH]c12. The van der Waals surface area contributed by atoms with Gasteiger partial charge in [0.1, 0.15) is 5.52 Å². The first-order chi connectivity index (χ1) is 13.6. The van der Waals surface area contributed by atoms with Gasteiger partial charge in [0.15, 0.2) is 22.0 Å². The molecule has 0 atom stereocenters. The molecule has 2 N–H and O–H groups in total. The average Bonchev–Trinajstić information content (AvgIpc) is 3.31. The van der Waals surface area contributed by atoms with Gasteiger partial charge in [0.2, 0.25) is 0 Å². The van der Waals surface area contributed by atoms with Crippen LogP contribution >= 0.6 is 34.5 Å². The molecule has 0 aliphatic carbocycles. The molecule has 0 spiro atoms. The van der Waals surface area contributed by atoms with Gasteiger partial charge in [0.25, 0.3) is 0 Å². The number of H-pyrrole nitrogens is 1. The third-order valence-corrected chi connectivity index (χ3v) is 6.16. The third-order valence-electron chi connectivity index (χ3n) is 4.41. The van der Waals surface area contributed by atoms with Crippen molar-refractivity contribution in [2.75, 3.05) is 0 Å². The zero-order valence-corrected chi connectivity index (χ0v) is 16.6. The molecular weight excluding hydrogens is 415 g/mol. The molecule has 9 heteroatoms. The van der Waals surface area contributed by atoms with Crippen LogP contribution in [0.2, 0.25) is 10.0 Å². The largest absolute Gasteiger partial charge is 0.332 e. The van der Waals surface area contributed by atoms with Crippen molar-refractivity contribution in [2.45, 2.75) is 6.54 Å². The number of nitrogens with zero attached hydrogens (tertiary/aromatic N) is 4. The predicted octanol–water partition coefficient (Wildman–Crippen LogP) is 4.87. The quantitative estimate of drug-likeness (QED) is 0.431. The van der Waals surface area contributed by atoms with Crippen molar-refractivity contribution in [2.24, 2.45) is 0 Å². The first-order valence-corrected chi connectivity index (χ1v) is 9.96. The Hall–Kier alpha value is -2.74. The summed E-state index contributed by atoms with van der Waals surface area (Å²) >= 11 is 14.2. The fourth-order valence-electron chi connectivity index (χ4n) is 3.03. The van der Waals surface area contributed by atoms with Crippen LogP contribution in [0.25, 0.3) is 32.2 Å². The van der Waals surface area contributed by atoms with Crippen LogP contribution in [0.4, 0.5) is 0 Å². The molecule has 0 aliphatic rings. The van der Waals surface area contributed by atoms with E-state index in [1.807, 2.05) is 28.8 Å². The average molecular weight is 427 g/mol. The van der Waals surface area contributed by atoms with Crippen molar-refractivity contribution in [3.8, 4) is 10.8 Å². The van der Waals surface area contributed by atoms with E-state index in [1.165, 1.54) is 0 Å². The summed E-state index contributed by atoms with van der Waals surface area (Å²) in [6.07, 6.45) is 1.58. The monoisotopic (exact) mass is 426 g/mol. The molecule has 2 aromatic carbocycles. The number of fused-ring (bicyclic) bond motifs is 2. The summed E-state index contributed by atoms with van der Waals surface area (Å²) in [5.74, 6) is 0.608. The Morgan fingerprint density at radius 2 is 1.82 bits per heavy atom. The zero-order valence-electron chi connectivity index (χ0n) is 14.3. The molecule has 0 radical (unpaired) electrons. The fourth-order valence-corrected chi connectivity index (χ4v) is 4.46. The maximum Gasteiger partial charge on any atom is 0.173 e. The second-order valence-corrected chi connectivity index (χ2v) is 8.04. The van der Waals surface area contributed by atoms with Gasteiger partial charge in [0, 0.05) is 15.6 Å². The number of aromatic amines is 1. The summed E-state index contributed by atoms with van der Waals surface area (Å²) in [6, 6.07) is 13.3. The Balaban J connectivity index is 1.66. The molecule has 5 aromatic rings. The van der Waals surface area contributed by atoms with Crippen molar-refractivity contribution in [1.29, 1.82) is 5.41 Å². The van der Waals surface area contributed by atoms with Gasteiger partial charge < -0.3 is 9.55 Å². The fraction of sp³-hybridized carbons (Fsp3) is 0.0526. The molecule has 6 nitrogen and oxygen atoms in total. The van der Waals surface area contributed by atoms with Gasteiger partial charge in [-0.2, -0.15) is 0 Å². The number of halogens is 2. The lowest BCUT2D eigenvalue weighted by molar-refractivity contribution is 0.784. The molecule has 0 unspecified atom stereocenters. The third kappa shape index (κ3) is 2.88. The first-order valence-electron chi connectivity index (χ1n) is 8.39. The van der Waals surface area contributed by atoms with E-state index in [1.54, 1.807) is 35.9 Å². The molecule has 0 saturated heterocycles. The molecule has 0 fully saturated rings. The van der Waals surface area contributed by atoms with E-state index in [9.17, 15) is 0 Å². The van der Waals surface area contributed by atoms with Gasteiger partial charge in [-0.25, -0.2) is 15.0 Å². The number of thiazole rings is 1. The van der Waals surface area contributed by atoms with Crippen molar-refractivity contribution < 1.29 is 0 Å². The second-order valence-electron chi connectivity index (χ2n) is 6.19. The Bertz CT molecular complexity index is 1350. The molecule has 138 valence electrons. The predicted molar refractivity (Wildman–Crippen MR) is 112 cm³/mol. The maximum atomic E-state index is 8.14. The van der Waals surface area contributed by atoms with Gasteiger partial charge in [-0.15, -0.1) is 11.3 Å². The lowest BCUT2D eigenvalue weighted by Crippen LogP contribution is -2.13. The van der Waals surface area contributed by atoms with Crippen molar-refractivity contribution in [1.82, 2.24) is 24.5 Å². The van der Waals surface area contributed by atoms with Crippen LogP contribution in [0.1, 0.15) is 5.56 Å². The Morgan fingerprint density at radius 3 is 2.61 bits per heavy atom. The molecule has 0 saturated carbocycles. The maximum absolute atomic E-state index is 8.14. The van der Waals surface area contributed by atoms with Crippen LogP contribution in [0.5, 0.6) is 0 Å². The van der Waals surface area contributed by atoms with Gasteiger partial charge in [0.05, 0.1) is 23.1 Å². The van der Waals surface area contributed by atoms with Gasteiger partial charge in [-0.05, 0) is 24.3 Å². The molecule has 0 amide bonds. The highest BCUT2D eigenvalue weighted by Gasteiger charge is 2.15.